The van der Waals surface area contributed by atoms with Crippen LogP contribution < -0.4 is 10.6 Å². The van der Waals surface area contributed by atoms with E-state index in [1.807, 2.05) is 0 Å². The molecule has 1 fully saturated rings. The molecule has 1 aliphatic heterocycles. The molecule has 0 radical (unpaired) electrons. The highest BCUT2D eigenvalue weighted by molar-refractivity contribution is 5.78. The predicted molar refractivity (Wildman–Crippen MR) is 68.3 cm³/mol. The Balaban J connectivity index is 0.000000288. The van der Waals surface area contributed by atoms with Gasteiger partial charge in [-0.3, -0.25) is 4.79 Å². The van der Waals surface area contributed by atoms with Crippen LogP contribution in [0.5, 0.6) is 0 Å². The van der Waals surface area contributed by atoms with Crippen molar-refractivity contribution in [3.63, 3.8) is 0 Å². The smallest absolute Gasteiger partial charge is 0.234 e. The van der Waals surface area contributed by atoms with Crippen molar-refractivity contribution >= 4 is 5.91 Å². The standard InChI is InChI=1S/C8H20N.C4H8N2O/c1-5-9(6-2,7-3)8-4;7-4-3-5-1-2-6-4/h5-8H2,1-4H3;5H,1-3H2,(H,6,7)/q+1;. The van der Waals surface area contributed by atoms with Gasteiger partial charge < -0.3 is 15.1 Å². The van der Waals surface area contributed by atoms with Crippen LogP contribution in [0.25, 0.3) is 0 Å². The summed E-state index contributed by atoms with van der Waals surface area (Å²) in [6.45, 7) is 16.4. The van der Waals surface area contributed by atoms with Crippen LogP contribution in [0.1, 0.15) is 27.7 Å². The van der Waals surface area contributed by atoms with Crippen LogP contribution in [0.2, 0.25) is 0 Å². The highest BCUT2D eigenvalue weighted by atomic mass is 16.2. The number of hydrogen-bond donors (Lipinski definition) is 2. The number of quaternary nitrogens is 1. The number of rotatable bonds is 4. The number of piperazine rings is 1. The molecule has 0 saturated carbocycles. The minimum atomic E-state index is 0.103. The van der Waals surface area contributed by atoms with E-state index in [1.165, 1.54) is 30.7 Å². The number of amides is 1. The summed E-state index contributed by atoms with van der Waals surface area (Å²) < 4.78 is 1.28. The zero-order valence-electron chi connectivity index (χ0n) is 11.3. The fourth-order valence-corrected chi connectivity index (χ4v) is 1.90. The van der Waals surface area contributed by atoms with Gasteiger partial charge in [0.25, 0.3) is 0 Å². The van der Waals surface area contributed by atoms with Crippen LogP contribution in [-0.4, -0.2) is 56.2 Å². The second-order valence-electron chi connectivity index (χ2n) is 4.13. The zero-order valence-corrected chi connectivity index (χ0v) is 11.3. The maximum Gasteiger partial charge on any atom is 0.234 e. The lowest BCUT2D eigenvalue weighted by Crippen LogP contribution is -2.47. The lowest BCUT2D eigenvalue weighted by Gasteiger charge is -2.34. The van der Waals surface area contributed by atoms with Gasteiger partial charge in [-0.1, -0.05) is 0 Å². The van der Waals surface area contributed by atoms with Gasteiger partial charge >= 0.3 is 0 Å². The van der Waals surface area contributed by atoms with Gasteiger partial charge in [-0.2, -0.15) is 0 Å². The third kappa shape index (κ3) is 5.47. The van der Waals surface area contributed by atoms with Crippen molar-refractivity contribution in [3.8, 4) is 0 Å². The van der Waals surface area contributed by atoms with Crippen LogP contribution >= 0.6 is 0 Å². The normalized spacial score (nSPS) is 16.1. The monoisotopic (exact) mass is 230 g/mol. The molecule has 1 aliphatic rings. The first-order valence-electron chi connectivity index (χ1n) is 6.46. The average Bonchev–Trinajstić information content (AvgIpc) is 2.35. The van der Waals surface area contributed by atoms with E-state index < -0.39 is 0 Å². The molecule has 2 N–H and O–H groups in total. The third-order valence-corrected chi connectivity index (χ3v) is 3.59. The van der Waals surface area contributed by atoms with Crippen LogP contribution in [0.3, 0.4) is 0 Å². The van der Waals surface area contributed by atoms with Crippen molar-refractivity contribution in [3.05, 3.63) is 0 Å². The maximum atomic E-state index is 10.3. The van der Waals surface area contributed by atoms with Gasteiger partial charge in [0.05, 0.1) is 32.7 Å². The van der Waals surface area contributed by atoms with Crippen LogP contribution in [0.4, 0.5) is 0 Å². The van der Waals surface area contributed by atoms with Gasteiger partial charge in [-0.15, -0.1) is 0 Å². The molecule has 0 unspecified atom stereocenters. The second kappa shape index (κ2) is 8.53. The summed E-state index contributed by atoms with van der Waals surface area (Å²) in [6.07, 6.45) is 0. The Hall–Kier alpha value is -0.610. The van der Waals surface area contributed by atoms with E-state index in [9.17, 15) is 4.79 Å². The lowest BCUT2D eigenvalue weighted by molar-refractivity contribution is -0.921. The van der Waals surface area contributed by atoms with E-state index in [-0.39, 0.29) is 5.91 Å². The van der Waals surface area contributed by atoms with Crippen molar-refractivity contribution in [2.45, 2.75) is 27.7 Å². The Labute approximate surface area is 100.0 Å². The van der Waals surface area contributed by atoms with E-state index in [2.05, 4.69) is 38.3 Å². The van der Waals surface area contributed by atoms with E-state index >= 15 is 0 Å². The SMILES string of the molecule is CC[N+](CC)(CC)CC.O=C1CNCCN1. The van der Waals surface area contributed by atoms with Gasteiger partial charge in [0, 0.05) is 13.1 Å². The van der Waals surface area contributed by atoms with E-state index in [0.29, 0.717) is 6.54 Å². The molecule has 0 aromatic rings. The summed E-state index contributed by atoms with van der Waals surface area (Å²) in [5, 5.41) is 5.60. The molecule has 0 spiro atoms. The van der Waals surface area contributed by atoms with Crippen molar-refractivity contribution in [1.82, 2.24) is 10.6 Å². The van der Waals surface area contributed by atoms with Gasteiger partial charge in [0.15, 0.2) is 0 Å². The summed E-state index contributed by atoms with van der Waals surface area (Å²) in [6, 6.07) is 0. The molecule has 1 rings (SSSR count). The fraction of sp³-hybridized carbons (Fsp3) is 0.917. The van der Waals surface area contributed by atoms with Gasteiger partial charge in [0.1, 0.15) is 0 Å². The van der Waals surface area contributed by atoms with Crippen molar-refractivity contribution in [2.75, 3.05) is 45.8 Å². The highest BCUT2D eigenvalue weighted by Crippen LogP contribution is 2.03. The molecule has 4 heteroatoms. The minimum absolute atomic E-state index is 0.103. The molecular formula is C12H28N3O+. The first-order chi connectivity index (χ1) is 7.64. The average molecular weight is 230 g/mol. The summed E-state index contributed by atoms with van der Waals surface area (Å²) in [5.74, 6) is 0.103. The maximum absolute atomic E-state index is 10.3. The summed E-state index contributed by atoms with van der Waals surface area (Å²) in [7, 11) is 0. The molecule has 16 heavy (non-hydrogen) atoms. The van der Waals surface area contributed by atoms with Gasteiger partial charge in [-0.05, 0) is 27.7 Å². The van der Waals surface area contributed by atoms with E-state index in [0.717, 1.165) is 13.1 Å². The number of nitrogens with one attached hydrogen (secondary N) is 2. The Morgan fingerprint density at radius 1 is 1.00 bits per heavy atom. The van der Waals surface area contributed by atoms with Gasteiger partial charge in [-0.25, -0.2) is 0 Å². The zero-order chi connectivity index (χ0) is 12.4. The minimum Gasteiger partial charge on any atom is -0.354 e. The number of carbonyl (C=O) groups is 1. The first kappa shape index (κ1) is 15.4. The largest absolute Gasteiger partial charge is 0.354 e. The molecule has 0 aromatic heterocycles. The summed E-state index contributed by atoms with van der Waals surface area (Å²) in [4.78, 5) is 10.3. The summed E-state index contributed by atoms with van der Waals surface area (Å²) in [5.41, 5.74) is 0. The topological polar surface area (TPSA) is 41.1 Å². The molecule has 0 aliphatic carbocycles. The highest BCUT2D eigenvalue weighted by Gasteiger charge is 2.16. The second-order valence-corrected chi connectivity index (χ2v) is 4.13. The van der Waals surface area contributed by atoms with Crippen LogP contribution in [-0.2, 0) is 4.79 Å². The third-order valence-electron chi connectivity index (χ3n) is 3.59. The number of nitrogens with zero attached hydrogens (tertiary/aromatic N) is 1. The van der Waals surface area contributed by atoms with Crippen molar-refractivity contribution in [2.24, 2.45) is 0 Å². The molecule has 1 saturated heterocycles. The first-order valence-corrected chi connectivity index (χ1v) is 6.46. The van der Waals surface area contributed by atoms with Crippen LogP contribution in [0.15, 0.2) is 0 Å². The van der Waals surface area contributed by atoms with Crippen molar-refractivity contribution in [1.29, 1.82) is 0 Å². The summed E-state index contributed by atoms with van der Waals surface area (Å²) >= 11 is 0. The van der Waals surface area contributed by atoms with E-state index in [4.69, 9.17) is 0 Å². The Morgan fingerprint density at radius 3 is 1.62 bits per heavy atom. The number of carbonyl (C=O) groups excluding carboxylic acids is 1. The quantitative estimate of drug-likeness (QED) is 0.694. The van der Waals surface area contributed by atoms with Crippen LogP contribution in [0, 0.1) is 0 Å². The fourth-order valence-electron chi connectivity index (χ4n) is 1.90. The molecule has 0 atom stereocenters. The molecule has 96 valence electrons. The van der Waals surface area contributed by atoms with E-state index in [1.54, 1.807) is 0 Å². The Morgan fingerprint density at radius 2 is 1.50 bits per heavy atom. The molecule has 4 nitrogen and oxygen atoms in total. The Bertz CT molecular complexity index is 165. The molecule has 0 aromatic carbocycles. The molecule has 0 bridgehead atoms. The van der Waals surface area contributed by atoms with Crippen molar-refractivity contribution < 1.29 is 9.28 Å². The Kier molecular flexibility index (Phi) is 8.21. The molecule has 1 heterocycles. The number of hydrogen-bond acceptors (Lipinski definition) is 2. The molecule has 1 amide bonds. The predicted octanol–water partition coefficient (Wildman–Crippen LogP) is 0.589. The molecular weight excluding hydrogens is 202 g/mol. The lowest BCUT2D eigenvalue weighted by atomic mass is 10.3. The van der Waals surface area contributed by atoms with Gasteiger partial charge in [0.2, 0.25) is 5.91 Å².